The lowest BCUT2D eigenvalue weighted by Crippen LogP contribution is -2.69. The third kappa shape index (κ3) is 4.37. The predicted octanol–water partition coefficient (Wildman–Crippen LogP) is 1.15. The Morgan fingerprint density at radius 1 is 0.882 bits per heavy atom. The molecule has 0 radical (unpaired) electrons. The number of aromatic hydroxyl groups is 2. The van der Waals surface area contributed by atoms with E-state index in [1.54, 1.807) is 24.3 Å². The summed E-state index contributed by atoms with van der Waals surface area (Å²) in [7, 11) is 0. The summed E-state index contributed by atoms with van der Waals surface area (Å²) in [6, 6.07) is 9.89. The molecule has 1 saturated heterocycles. The maximum atomic E-state index is 11.4. The van der Waals surface area contributed by atoms with Crippen molar-refractivity contribution in [2.45, 2.75) is 57.1 Å². The Hall–Kier alpha value is -3.05. The van der Waals surface area contributed by atoms with E-state index < -0.39 is 36.4 Å². The molecule has 2 aliphatic rings. The first-order valence-electron chi connectivity index (χ1n) is 11.0. The number of ether oxygens (including phenoxy) is 3. The average molecular weight is 476 g/mol. The van der Waals surface area contributed by atoms with Gasteiger partial charge in [-0.15, -0.1) is 0 Å². The van der Waals surface area contributed by atoms with Crippen LogP contribution in [0.5, 0.6) is 23.0 Å². The number of aliphatic hydroxyl groups excluding tert-OH is 3. The van der Waals surface area contributed by atoms with Gasteiger partial charge in [0.15, 0.2) is 35.2 Å². The summed E-state index contributed by atoms with van der Waals surface area (Å²) in [5.41, 5.74) is 1.80. The lowest BCUT2D eigenvalue weighted by atomic mass is 9.85. The molecular weight excluding hydrogens is 448 g/mol. The molecule has 2 aromatic carbocycles. The Balaban J connectivity index is 1.46. The number of hydrogen-bond acceptors (Lipinski definition) is 9. The molecular formula is C24H28O10. The maximum absolute atomic E-state index is 11.4. The molecule has 10 nitrogen and oxygen atoms in total. The lowest BCUT2D eigenvalue weighted by Gasteiger charge is -2.42. The molecule has 0 saturated carbocycles. The zero-order valence-electron chi connectivity index (χ0n) is 18.7. The highest BCUT2D eigenvalue weighted by molar-refractivity contribution is 5.73. The molecule has 7 atom stereocenters. The van der Waals surface area contributed by atoms with E-state index in [1.807, 2.05) is 6.07 Å². The topological polar surface area (TPSA) is 166 Å². The van der Waals surface area contributed by atoms with E-state index in [4.69, 9.17) is 14.2 Å². The number of carboxylic acid groups (broad SMARTS) is 1. The molecule has 2 aromatic rings. The number of benzene rings is 2. The van der Waals surface area contributed by atoms with Crippen LogP contribution in [0, 0.1) is 11.8 Å². The van der Waals surface area contributed by atoms with E-state index >= 15 is 0 Å². The Labute approximate surface area is 195 Å². The van der Waals surface area contributed by atoms with Crippen LogP contribution in [-0.2, 0) is 22.4 Å². The third-order valence-electron chi connectivity index (χ3n) is 6.52. The Bertz CT molecular complexity index is 1070. The molecule has 184 valence electrons. The molecule has 0 amide bonds. The van der Waals surface area contributed by atoms with Gasteiger partial charge in [-0.1, -0.05) is 26.0 Å². The highest BCUT2D eigenvalue weighted by Gasteiger charge is 2.62. The molecule has 2 heterocycles. The number of rotatable bonds is 6. The van der Waals surface area contributed by atoms with Crippen LogP contribution in [0.15, 0.2) is 36.4 Å². The zero-order chi connectivity index (χ0) is 24.8. The molecule has 0 aliphatic carbocycles. The van der Waals surface area contributed by atoms with Crippen LogP contribution in [0.3, 0.4) is 0 Å². The van der Waals surface area contributed by atoms with Gasteiger partial charge in [-0.05, 0) is 60.1 Å². The summed E-state index contributed by atoms with van der Waals surface area (Å²) < 4.78 is 16.5. The van der Waals surface area contributed by atoms with E-state index in [0.717, 1.165) is 11.1 Å². The first-order chi connectivity index (χ1) is 16.0. The van der Waals surface area contributed by atoms with Gasteiger partial charge in [-0.3, -0.25) is 4.74 Å². The number of phenols is 2. The van der Waals surface area contributed by atoms with E-state index in [1.165, 1.54) is 6.07 Å². The van der Waals surface area contributed by atoms with Gasteiger partial charge >= 0.3 is 11.9 Å². The van der Waals surface area contributed by atoms with E-state index in [-0.39, 0.29) is 34.8 Å². The fourth-order valence-corrected chi connectivity index (χ4v) is 4.27. The summed E-state index contributed by atoms with van der Waals surface area (Å²) in [6.07, 6.45) is -6.06. The largest absolute Gasteiger partial charge is 0.504 e. The number of fused-ring (bicyclic) bond motifs is 1. The minimum absolute atomic E-state index is 0.156. The molecule has 6 N–H and O–H groups in total. The highest BCUT2D eigenvalue weighted by Crippen LogP contribution is 2.45. The van der Waals surface area contributed by atoms with Gasteiger partial charge in [0.05, 0.1) is 0 Å². The highest BCUT2D eigenvalue weighted by atomic mass is 16.9. The minimum Gasteiger partial charge on any atom is -0.504 e. The van der Waals surface area contributed by atoms with Gasteiger partial charge in [0.25, 0.3) is 0 Å². The molecule has 1 spiro atoms. The number of hydrogen-bond donors (Lipinski definition) is 6. The van der Waals surface area contributed by atoms with E-state index in [2.05, 4.69) is 13.8 Å². The summed E-state index contributed by atoms with van der Waals surface area (Å²) >= 11 is 0. The Morgan fingerprint density at radius 3 is 2.09 bits per heavy atom. The maximum Gasteiger partial charge on any atom is 0.403 e. The van der Waals surface area contributed by atoms with Crippen molar-refractivity contribution in [3.63, 3.8) is 0 Å². The monoisotopic (exact) mass is 476 g/mol. The van der Waals surface area contributed by atoms with Crippen LogP contribution in [0.2, 0.25) is 0 Å². The van der Waals surface area contributed by atoms with Gasteiger partial charge in [0, 0.05) is 0 Å². The van der Waals surface area contributed by atoms with Gasteiger partial charge in [0.1, 0.15) is 12.2 Å². The molecule has 10 heteroatoms. The third-order valence-corrected chi connectivity index (χ3v) is 6.52. The van der Waals surface area contributed by atoms with Crippen molar-refractivity contribution in [2.75, 3.05) is 0 Å². The van der Waals surface area contributed by atoms with Gasteiger partial charge in [-0.2, -0.15) is 0 Å². The van der Waals surface area contributed by atoms with Crippen molar-refractivity contribution < 1.29 is 49.6 Å². The molecule has 0 unspecified atom stereocenters. The molecule has 4 rings (SSSR count). The predicted molar refractivity (Wildman–Crippen MR) is 116 cm³/mol. The van der Waals surface area contributed by atoms with Crippen molar-refractivity contribution in [3.05, 3.63) is 47.5 Å². The molecule has 34 heavy (non-hydrogen) atoms. The summed E-state index contributed by atoms with van der Waals surface area (Å²) in [5.74, 6) is -3.27. The number of carbonyl (C=O) groups is 1. The smallest absolute Gasteiger partial charge is 0.403 e. The van der Waals surface area contributed by atoms with Crippen LogP contribution in [-0.4, -0.2) is 67.0 Å². The Morgan fingerprint density at radius 2 is 1.47 bits per heavy atom. The number of aliphatic carboxylic acids is 1. The zero-order valence-corrected chi connectivity index (χ0v) is 18.7. The van der Waals surface area contributed by atoms with Gasteiger partial charge in [0.2, 0.25) is 0 Å². The fourth-order valence-electron chi connectivity index (χ4n) is 4.27. The second kappa shape index (κ2) is 8.95. The van der Waals surface area contributed by atoms with E-state index in [0.29, 0.717) is 12.8 Å². The van der Waals surface area contributed by atoms with Crippen molar-refractivity contribution in [2.24, 2.45) is 11.8 Å². The van der Waals surface area contributed by atoms with Crippen LogP contribution < -0.4 is 9.47 Å². The standard InChI is InChI=1S/C24H28O10/c1-11(7-13-3-5-15(25)16(26)9-13)12(2)8-14-4-6-17-18(10-14)33-24(32-17)22(29)20(28)19(27)21(34-24)23(30)31/h3-6,9-12,19-22,25-29H,7-8H2,1-2H3,(H,30,31)/t11-,12+,19+,20+,21+,22-,24+/m1/s1. The molecule has 2 aliphatic heterocycles. The minimum atomic E-state index is -2.29. The fraction of sp³-hybridized carbons (Fsp3) is 0.458. The van der Waals surface area contributed by atoms with Gasteiger partial charge < -0.3 is 40.1 Å². The van der Waals surface area contributed by atoms with Crippen molar-refractivity contribution >= 4 is 5.97 Å². The normalized spacial score (nSPS) is 29.7. The molecule has 0 aromatic heterocycles. The molecule has 0 bridgehead atoms. The number of phenolic OH excluding ortho intramolecular Hbond substituents is 2. The first-order valence-corrected chi connectivity index (χ1v) is 11.0. The Kier molecular flexibility index (Phi) is 6.34. The summed E-state index contributed by atoms with van der Waals surface area (Å²) in [6.45, 7) is 4.17. The van der Waals surface area contributed by atoms with Crippen LogP contribution in [0.1, 0.15) is 25.0 Å². The van der Waals surface area contributed by atoms with Gasteiger partial charge in [-0.25, -0.2) is 4.79 Å². The second-order valence-corrected chi connectivity index (χ2v) is 9.08. The lowest BCUT2D eigenvalue weighted by molar-refractivity contribution is -0.390. The van der Waals surface area contributed by atoms with Crippen LogP contribution in [0.25, 0.3) is 0 Å². The number of aliphatic hydroxyl groups is 3. The van der Waals surface area contributed by atoms with Crippen molar-refractivity contribution in [3.8, 4) is 23.0 Å². The van der Waals surface area contributed by atoms with Crippen molar-refractivity contribution in [1.82, 2.24) is 0 Å². The van der Waals surface area contributed by atoms with E-state index in [9.17, 15) is 35.4 Å². The van der Waals surface area contributed by atoms with Crippen molar-refractivity contribution in [1.29, 1.82) is 0 Å². The average Bonchev–Trinajstić information content (AvgIpc) is 3.15. The summed E-state index contributed by atoms with van der Waals surface area (Å²) in [5, 5.41) is 58.9. The van der Waals surface area contributed by atoms with Crippen LogP contribution in [0.4, 0.5) is 0 Å². The molecule has 1 fully saturated rings. The quantitative estimate of drug-likeness (QED) is 0.333. The first kappa shape index (κ1) is 24.1. The SMILES string of the molecule is C[C@H](Cc1ccc(O)c(O)c1)[C@@H](C)Cc1ccc2c(c1)O[C@]1(O2)O[C@H](C(=O)O)[C@@H](O)[C@H](O)[C@H]1O. The second-order valence-electron chi connectivity index (χ2n) is 9.08. The number of carboxylic acids is 1. The summed E-state index contributed by atoms with van der Waals surface area (Å²) in [4.78, 5) is 11.4. The van der Waals surface area contributed by atoms with Crippen LogP contribution >= 0.6 is 0 Å².